The zero-order valence-electron chi connectivity index (χ0n) is 16.3. The van der Waals surface area contributed by atoms with Crippen molar-refractivity contribution in [2.45, 2.75) is 26.9 Å². The van der Waals surface area contributed by atoms with E-state index >= 15 is 0 Å². The summed E-state index contributed by atoms with van der Waals surface area (Å²) in [5.74, 6) is -2.09. The number of para-hydroxylation sites is 2. The summed E-state index contributed by atoms with van der Waals surface area (Å²) in [4.78, 5) is 49.6. The van der Waals surface area contributed by atoms with E-state index in [2.05, 4.69) is 4.98 Å². The molecule has 2 rings (SSSR count). The van der Waals surface area contributed by atoms with Gasteiger partial charge in [0.15, 0.2) is 18.5 Å². The first-order valence-corrected chi connectivity index (χ1v) is 8.54. The Bertz CT molecular complexity index is 963. The number of nitro benzene ring substituents is 1. The topological polar surface area (TPSA) is 138 Å². The van der Waals surface area contributed by atoms with Crippen LogP contribution < -0.4 is 4.74 Å². The molecule has 0 radical (unpaired) electrons. The normalized spacial score (nSPS) is 11.4. The van der Waals surface area contributed by atoms with Gasteiger partial charge in [0, 0.05) is 11.8 Å². The fraction of sp³-hybridized carbons (Fsp3) is 0.316. The molecule has 1 atom stereocenters. The summed E-state index contributed by atoms with van der Waals surface area (Å²) in [6, 6.07) is 5.57. The Balaban J connectivity index is 2.04. The highest BCUT2D eigenvalue weighted by Gasteiger charge is 2.27. The number of rotatable bonds is 8. The van der Waals surface area contributed by atoms with Crippen LogP contribution in [-0.4, -0.2) is 47.4 Å². The first-order valence-electron chi connectivity index (χ1n) is 8.54. The van der Waals surface area contributed by atoms with E-state index < -0.39 is 35.4 Å². The molecule has 10 nitrogen and oxygen atoms in total. The minimum absolute atomic E-state index is 0.0908. The first kappa shape index (κ1) is 21.6. The van der Waals surface area contributed by atoms with Crippen molar-refractivity contribution in [3.05, 3.63) is 56.9 Å². The molecule has 0 aliphatic carbocycles. The second-order valence-electron chi connectivity index (χ2n) is 6.13. The molecule has 0 aliphatic heterocycles. The number of esters is 2. The standard InChI is InChI=1S/C19H20N2O8/c1-10-16(19(24)27-4)11(2)20-17(10)18(23)12(3)29-15(22)9-28-14-8-6-5-7-13(14)21(25)26/h5-8,12,20H,9H2,1-4H3/t12-/m1/s1. The number of aromatic nitrogens is 1. The molecule has 1 aromatic carbocycles. The van der Waals surface area contributed by atoms with Crippen molar-refractivity contribution in [2.24, 2.45) is 0 Å². The average Bonchev–Trinajstić information content (AvgIpc) is 2.99. The van der Waals surface area contributed by atoms with Gasteiger partial charge in [-0.25, -0.2) is 9.59 Å². The third-order valence-electron chi connectivity index (χ3n) is 4.16. The van der Waals surface area contributed by atoms with Crippen molar-refractivity contribution in [2.75, 3.05) is 13.7 Å². The molecule has 0 saturated heterocycles. The van der Waals surface area contributed by atoms with Gasteiger partial charge in [-0.2, -0.15) is 0 Å². The lowest BCUT2D eigenvalue weighted by atomic mass is 10.1. The van der Waals surface area contributed by atoms with E-state index in [9.17, 15) is 24.5 Å². The molecule has 10 heteroatoms. The van der Waals surface area contributed by atoms with Crippen molar-refractivity contribution in [1.82, 2.24) is 4.98 Å². The van der Waals surface area contributed by atoms with E-state index in [0.717, 1.165) is 0 Å². The minimum atomic E-state index is -1.17. The predicted octanol–water partition coefficient (Wildman–Crippen LogP) is 2.52. The van der Waals surface area contributed by atoms with Crippen LogP contribution in [0.25, 0.3) is 0 Å². The number of nitrogens with zero attached hydrogens (tertiary/aromatic N) is 1. The van der Waals surface area contributed by atoms with E-state index in [1.165, 1.54) is 38.3 Å². The number of H-pyrrole nitrogens is 1. The SMILES string of the molecule is COC(=O)c1c(C)[nH]c(C(=O)[C@@H](C)OC(=O)COc2ccccc2[N+](=O)[O-])c1C. The molecule has 1 aromatic heterocycles. The second kappa shape index (κ2) is 9.00. The molecule has 1 N–H and O–H groups in total. The van der Waals surface area contributed by atoms with E-state index in [1.807, 2.05) is 0 Å². The smallest absolute Gasteiger partial charge is 0.344 e. The molecule has 154 valence electrons. The Labute approximate surface area is 165 Å². The van der Waals surface area contributed by atoms with Crippen molar-refractivity contribution < 1.29 is 33.5 Å². The minimum Gasteiger partial charge on any atom is -0.475 e. The molecule has 1 heterocycles. The molecular weight excluding hydrogens is 384 g/mol. The van der Waals surface area contributed by atoms with Crippen LogP contribution in [0.2, 0.25) is 0 Å². The lowest BCUT2D eigenvalue weighted by Gasteiger charge is -2.13. The summed E-state index contributed by atoms with van der Waals surface area (Å²) in [5, 5.41) is 10.9. The molecule has 0 amide bonds. The van der Waals surface area contributed by atoms with Crippen LogP contribution in [0.15, 0.2) is 24.3 Å². The van der Waals surface area contributed by atoms with E-state index in [-0.39, 0.29) is 22.7 Å². The van der Waals surface area contributed by atoms with Crippen LogP contribution in [0, 0.1) is 24.0 Å². The summed E-state index contributed by atoms with van der Waals surface area (Å²) in [6.07, 6.45) is -1.17. The highest BCUT2D eigenvalue weighted by molar-refractivity contribution is 6.03. The Hall–Kier alpha value is -3.69. The number of Topliss-reactive ketones (excluding diaryl/α,β-unsaturated/α-hetero) is 1. The number of hydrogen-bond acceptors (Lipinski definition) is 8. The Morgan fingerprint density at radius 3 is 2.48 bits per heavy atom. The van der Waals surface area contributed by atoms with Crippen LogP contribution in [0.4, 0.5) is 5.69 Å². The highest BCUT2D eigenvalue weighted by atomic mass is 16.6. The van der Waals surface area contributed by atoms with Gasteiger partial charge in [0.25, 0.3) is 0 Å². The fourth-order valence-electron chi connectivity index (χ4n) is 2.76. The Morgan fingerprint density at radius 1 is 1.21 bits per heavy atom. The maximum absolute atomic E-state index is 12.6. The molecule has 0 saturated carbocycles. The number of nitrogens with one attached hydrogen (secondary N) is 1. The summed E-state index contributed by atoms with van der Waals surface area (Å²) in [5.41, 5.74) is 0.920. The third kappa shape index (κ3) is 4.78. The third-order valence-corrected chi connectivity index (χ3v) is 4.16. The van der Waals surface area contributed by atoms with E-state index in [1.54, 1.807) is 13.8 Å². The molecule has 0 fully saturated rings. The molecule has 0 spiro atoms. The number of hydrogen-bond donors (Lipinski definition) is 1. The number of aromatic amines is 1. The number of aryl methyl sites for hydroxylation is 1. The van der Waals surface area contributed by atoms with Gasteiger partial charge in [-0.05, 0) is 32.4 Å². The fourth-order valence-corrected chi connectivity index (χ4v) is 2.76. The Morgan fingerprint density at radius 2 is 1.86 bits per heavy atom. The van der Waals surface area contributed by atoms with Crippen LogP contribution in [0.5, 0.6) is 5.75 Å². The number of benzene rings is 1. The zero-order chi connectivity index (χ0) is 21.7. The molecule has 0 bridgehead atoms. The number of methoxy groups -OCH3 is 1. The van der Waals surface area contributed by atoms with Crippen LogP contribution in [0.3, 0.4) is 0 Å². The maximum Gasteiger partial charge on any atom is 0.344 e. The first-order chi connectivity index (χ1) is 13.7. The van der Waals surface area contributed by atoms with Gasteiger partial charge in [0.1, 0.15) is 0 Å². The van der Waals surface area contributed by atoms with Crippen molar-refractivity contribution in [3.63, 3.8) is 0 Å². The molecule has 29 heavy (non-hydrogen) atoms. The quantitative estimate of drug-likeness (QED) is 0.306. The van der Waals surface area contributed by atoms with Crippen LogP contribution in [-0.2, 0) is 14.3 Å². The van der Waals surface area contributed by atoms with Gasteiger partial charge in [-0.1, -0.05) is 12.1 Å². The number of nitro groups is 1. The predicted molar refractivity (Wildman–Crippen MR) is 100 cm³/mol. The number of ketones is 1. The zero-order valence-corrected chi connectivity index (χ0v) is 16.3. The van der Waals surface area contributed by atoms with Gasteiger partial charge in [-0.3, -0.25) is 14.9 Å². The molecule has 0 unspecified atom stereocenters. The number of carbonyl (C=O) groups is 3. The second-order valence-corrected chi connectivity index (χ2v) is 6.13. The van der Waals surface area contributed by atoms with Gasteiger partial charge in [-0.15, -0.1) is 0 Å². The van der Waals surface area contributed by atoms with Gasteiger partial charge in [0.2, 0.25) is 5.78 Å². The summed E-state index contributed by atoms with van der Waals surface area (Å²) in [6.45, 7) is 3.96. The molecule has 0 aliphatic rings. The average molecular weight is 404 g/mol. The number of carbonyl (C=O) groups excluding carboxylic acids is 3. The van der Waals surface area contributed by atoms with Gasteiger partial charge < -0.3 is 19.2 Å². The largest absolute Gasteiger partial charge is 0.475 e. The van der Waals surface area contributed by atoms with Crippen molar-refractivity contribution in [3.8, 4) is 5.75 Å². The monoisotopic (exact) mass is 404 g/mol. The van der Waals surface area contributed by atoms with E-state index in [4.69, 9.17) is 14.2 Å². The van der Waals surface area contributed by atoms with Crippen LogP contribution >= 0.6 is 0 Å². The summed E-state index contributed by atoms with van der Waals surface area (Å²) < 4.78 is 14.9. The van der Waals surface area contributed by atoms with Crippen LogP contribution in [0.1, 0.15) is 39.0 Å². The summed E-state index contributed by atoms with van der Waals surface area (Å²) in [7, 11) is 1.23. The molecular formula is C19H20N2O8. The maximum atomic E-state index is 12.6. The lowest BCUT2D eigenvalue weighted by molar-refractivity contribution is -0.385. The van der Waals surface area contributed by atoms with Gasteiger partial charge >= 0.3 is 17.6 Å². The van der Waals surface area contributed by atoms with E-state index in [0.29, 0.717) is 11.3 Å². The Kier molecular flexibility index (Phi) is 6.71. The molecule has 2 aromatic rings. The highest BCUT2D eigenvalue weighted by Crippen LogP contribution is 2.26. The van der Waals surface area contributed by atoms with Gasteiger partial charge in [0.05, 0.1) is 23.3 Å². The van der Waals surface area contributed by atoms with Crippen molar-refractivity contribution in [1.29, 1.82) is 0 Å². The van der Waals surface area contributed by atoms with Crippen molar-refractivity contribution >= 4 is 23.4 Å². The number of ether oxygens (including phenoxy) is 3. The summed E-state index contributed by atoms with van der Waals surface area (Å²) >= 11 is 0. The lowest BCUT2D eigenvalue weighted by Crippen LogP contribution is -2.28.